The first-order valence-electron chi connectivity index (χ1n) is 8.21. The van der Waals surface area contributed by atoms with Gasteiger partial charge >= 0.3 is 6.18 Å². The number of halogens is 3. The molecule has 1 saturated heterocycles. The second-order valence-corrected chi connectivity index (χ2v) is 7.29. The van der Waals surface area contributed by atoms with Crippen LogP contribution in [0, 0.1) is 0 Å². The second-order valence-electron chi connectivity index (χ2n) is 6.29. The Morgan fingerprint density at radius 1 is 1.27 bits per heavy atom. The molecule has 0 saturated carbocycles. The van der Waals surface area contributed by atoms with Gasteiger partial charge in [0, 0.05) is 19.1 Å². The van der Waals surface area contributed by atoms with Crippen molar-refractivity contribution in [3.63, 3.8) is 0 Å². The number of aromatic nitrogens is 3. The summed E-state index contributed by atoms with van der Waals surface area (Å²) in [6, 6.07) is 1.52. The molecule has 6 nitrogen and oxygen atoms in total. The first-order valence-corrected chi connectivity index (χ1v) is 9.03. The fourth-order valence-corrected chi connectivity index (χ4v) is 4.41. The van der Waals surface area contributed by atoms with Gasteiger partial charge in [0.1, 0.15) is 22.8 Å². The van der Waals surface area contributed by atoms with Crippen molar-refractivity contribution >= 4 is 43.4 Å². The normalized spacial score (nSPS) is 16.7. The van der Waals surface area contributed by atoms with Crippen LogP contribution in [0.25, 0.3) is 20.4 Å². The summed E-state index contributed by atoms with van der Waals surface area (Å²) < 4.78 is 41.7. The number of hydrogen-bond acceptors (Lipinski definition) is 7. The quantitative estimate of drug-likeness (QED) is 0.709. The molecule has 1 aliphatic rings. The number of thiophene rings is 1. The molecule has 0 aliphatic carbocycles. The number of nitrogens with zero attached hydrogens (tertiary/aromatic N) is 4. The number of anilines is 2. The first-order chi connectivity index (χ1) is 12.4. The van der Waals surface area contributed by atoms with Gasteiger partial charge in [-0.15, -0.1) is 11.3 Å². The molecule has 0 amide bonds. The van der Waals surface area contributed by atoms with Crippen LogP contribution in [0.15, 0.2) is 12.4 Å². The van der Waals surface area contributed by atoms with Crippen molar-refractivity contribution in [1.82, 2.24) is 20.3 Å². The monoisotopic (exact) mass is 382 g/mol. The standard InChI is InChI=1S/C16H17F3N6S/c1-21-8-2-4-25(5-3-8)10-6-9(16(17,18)19)11-12-13(26-15(11)24-10)14(20)23-7-22-12/h6-8,21H,2-5H2,1H3,(H2,20,22,23). The molecule has 0 bridgehead atoms. The number of hydrogen-bond donors (Lipinski definition) is 2. The van der Waals surface area contributed by atoms with Crippen LogP contribution in [0.3, 0.4) is 0 Å². The molecule has 3 aromatic rings. The zero-order valence-corrected chi connectivity index (χ0v) is 14.8. The average Bonchev–Trinajstić information content (AvgIpc) is 3.00. The van der Waals surface area contributed by atoms with Crippen molar-refractivity contribution in [2.45, 2.75) is 25.1 Å². The van der Waals surface area contributed by atoms with Gasteiger partial charge in [-0.3, -0.25) is 0 Å². The van der Waals surface area contributed by atoms with E-state index in [0.717, 1.165) is 30.2 Å². The van der Waals surface area contributed by atoms with E-state index in [1.807, 2.05) is 11.9 Å². The molecule has 0 spiro atoms. The molecule has 138 valence electrons. The van der Waals surface area contributed by atoms with Crippen LogP contribution < -0.4 is 16.0 Å². The minimum atomic E-state index is -4.51. The van der Waals surface area contributed by atoms with Crippen molar-refractivity contribution in [3.8, 4) is 0 Å². The van der Waals surface area contributed by atoms with E-state index in [1.165, 1.54) is 6.33 Å². The molecule has 26 heavy (non-hydrogen) atoms. The van der Waals surface area contributed by atoms with Crippen molar-refractivity contribution in [3.05, 3.63) is 18.0 Å². The number of nitrogens with one attached hydrogen (secondary N) is 1. The van der Waals surface area contributed by atoms with Crippen LogP contribution >= 0.6 is 11.3 Å². The van der Waals surface area contributed by atoms with Gasteiger partial charge in [0.25, 0.3) is 0 Å². The molecular weight excluding hydrogens is 365 g/mol. The van der Waals surface area contributed by atoms with Crippen LogP contribution in [0.1, 0.15) is 18.4 Å². The number of piperidine rings is 1. The van der Waals surface area contributed by atoms with Crippen LogP contribution in [0.2, 0.25) is 0 Å². The van der Waals surface area contributed by atoms with Gasteiger partial charge < -0.3 is 16.0 Å². The SMILES string of the molecule is CNC1CCN(c2cc(C(F)(F)F)c3c(n2)sc2c(N)ncnc23)CC1. The summed E-state index contributed by atoms with van der Waals surface area (Å²) in [6.07, 6.45) is -1.60. The molecule has 0 aromatic carbocycles. The van der Waals surface area contributed by atoms with Gasteiger partial charge in [0.2, 0.25) is 0 Å². The van der Waals surface area contributed by atoms with Crippen LogP contribution in [-0.4, -0.2) is 41.1 Å². The molecule has 1 aliphatic heterocycles. The Morgan fingerprint density at radius 2 is 2.00 bits per heavy atom. The number of rotatable bonds is 2. The lowest BCUT2D eigenvalue weighted by Gasteiger charge is -2.33. The Balaban J connectivity index is 1.89. The second kappa shape index (κ2) is 6.20. The minimum absolute atomic E-state index is 0.000427. The highest BCUT2D eigenvalue weighted by molar-refractivity contribution is 7.26. The van der Waals surface area contributed by atoms with E-state index in [0.29, 0.717) is 29.6 Å². The summed E-state index contributed by atoms with van der Waals surface area (Å²) in [6.45, 7) is 1.32. The topological polar surface area (TPSA) is 80.0 Å². The van der Waals surface area contributed by atoms with Gasteiger partial charge in [-0.1, -0.05) is 0 Å². The predicted molar refractivity (Wildman–Crippen MR) is 96.4 cm³/mol. The maximum atomic E-state index is 13.8. The molecule has 0 radical (unpaired) electrons. The highest BCUT2D eigenvalue weighted by atomic mass is 32.1. The zero-order chi connectivity index (χ0) is 18.5. The summed E-state index contributed by atoms with van der Waals surface area (Å²) in [5.74, 6) is 0.514. The van der Waals surface area contributed by atoms with Crippen molar-refractivity contribution < 1.29 is 13.2 Å². The van der Waals surface area contributed by atoms with Gasteiger partial charge in [-0.25, -0.2) is 15.0 Å². The van der Waals surface area contributed by atoms with Crippen molar-refractivity contribution in [2.24, 2.45) is 0 Å². The van der Waals surface area contributed by atoms with E-state index in [2.05, 4.69) is 20.3 Å². The van der Waals surface area contributed by atoms with Gasteiger partial charge in [0.05, 0.1) is 21.2 Å². The van der Waals surface area contributed by atoms with E-state index in [-0.39, 0.29) is 21.6 Å². The summed E-state index contributed by atoms with van der Waals surface area (Å²) in [5.41, 5.74) is 5.31. The first kappa shape index (κ1) is 17.2. The van der Waals surface area contributed by atoms with Crippen LogP contribution in [0.5, 0.6) is 0 Å². The highest BCUT2D eigenvalue weighted by Gasteiger charge is 2.36. The highest BCUT2D eigenvalue weighted by Crippen LogP contribution is 2.43. The van der Waals surface area contributed by atoms with Crippen molar-refractivity contribution in [1.29, 1.82) is 0 Å². The van der Waals surface area contributed by atoms with E-state index < -0.39 is 11.7 Å². The third-order valence-electron chi connectivity index (χ3n) is 4.77. The summed E-state index contributed by atoms with van der Waals surface area (Å²) in [5, 5.41) is 3.21. The number of pyridine rings is 1. The maximum Gasteiger partial charge on any atom is 0.417 e. The van der Waals surface area contributed by atoms with E-state index in [9.17, 15) is 13.2 Å². The Kier molecular flexibility index (Phi) is 4.11. The Bertz CT molecular complexity index is 962. The van der Waals surface area contributed by atoms with Crippen molar-refractivity contribution in [2.75, 3.05) is 30.8 Å². The Labute approximate surface area is 151 Å². The molecule has 0 atom stereocenters. The number of alkyl halides is 3. The molecule has 0 unspecified atom stereocenters. The lowest BCUT2D eigenvalue weighted by atomic mass is 10.0. The largest absolute Gasteiger partial charge is 0.417 e. The maximum absolute atomic E-state index is 13.8. The molecule has 3 N–H and O–H groups in total. The van der Waals surface area contributed by atoms with Crippen LogP contribution in [-0.2, 0) is 6.18 Å². The van der Waals surface area contributed by atoms with E-state index >= 15 is 0 Å². The average molecular weight is 382 g/mol. The molecule has 10 heteroatoms. The third-order valence-corrected chi connectivity index (χ3v) is 5.87. The molecular formula is C16H17F3N6S. The lowest BCUT2D eigenvalue weighted by molar-refractivity contribution is -0.136. The predicted octanol–water partition coefficient (Wildman–Crippen LogP) is 3.03. The number of nitrogens with two attached hydrogens (primary N) is 1. The lowest BCUT2D eigenvalue weighted by Crippen LogP contribution is -2.41. The molecule has 1 fully saturated rings. The van der Waals surface area contributed by atoms with E-state index in [1.54, 1.807) is 0 Å². The summed E-state index contributed by atoms with van der Waals surface area (Å²) in [4.78, 5) is 14.6. The minimum Gasteiger partial charge on any atom is -0.382 e. The third kappa shape index (κ3) is 2.82. The molecule has 4 heterocycles. The Morgan fingerprint density at radius 3 is 2.65 bits per heavy atom. The fourth-order valence-electron chi connectivity index (χ4n) is 3.36. The van der Waals surface area contributed by atoms with Crippen LogP contribution in [0.4, 0.5) is 24.8 Å². The van der Waals surface area contributed by atoms with Gasteiger partial charge in [-0.05, 0) is 26.0 Å². The molecule has 3 aromatic heterocycles. The molecule has 4 rings (SSSR count). The smallest absolute Gasteiger partial charge is 0.382 e. The van der Waals surface area contributed by atoms with E-state index in [4.69, 9.17) is 5.73 Å². The zero-order valence-electron chi connectivity index (χ0n) is 14.0. The number of fused-ring (bicyclic) bond motifs is 3. The summed E-state index contributed by atoms with van der Waals surface area (Å²) in [7, 11) is 1.90. The fraction of sp³-hybridized carbons (Fsp3) is 0.438. The van der Waals surface area contributed by atoms with Gasteiger partial charge in [0.15, 0.2) is 0 Å². The number of nitrogen functional groups attached to an aromatic ring is 1. The summed E-state index contributed by atoms with van der Waals surface area (Å²) >= 11 is 1.10. The van der Waals surface area contributed by atoms with Gasteiger partial charge in [-0.2, -0.15) is 13.2 Å². The Hall–Kier alpha value is -2.20.